The summed E-state index contributed by atoms with van der Waals surface area (Å²) in [6, 6.07) is 7.25. The normalized spacial score (nSPS) is 23.3. The van der Waals surface area contributed by atoms with Crippen molar-refractivity contribution in [3.63, 3.8) is 0 Å². The number of nitrogens with zero attached hydrogens (tertiary/aromatic N) is 1. The Labute approximate surface area is 107 Å². The highest BCUT2D eigenvalue weighted by Gasteiger charge is 2.23. The first-order valence-corrected chi connectivity index (χ1v) is 6.22. The van der Waals surface area contributed by atoms with Crippen molar-refractivity contribution < 1.29 is 9.47 Å². The van der Waals surface area contributed by atoms with Crippen molar-refractivity contribution in [2.45, 2.75) is 37.9 Å². The summed E-state index contributed by atoms with van der Waals surface area (Å²) in [6.07, 6.45) is 4.65. The molecule has 4 nitrogen and oxygen atoms in total. The van der Waals surface area contributed by atoms with Gasteiger partial charge in [-0.05, 0) is 31.4 Å². The molecular formula is C14H18N2O2. The molecule has 0 aromatic heterocycles. The van der Waals surface area contributed by atoms with Crippen LogP contribution in [0.5, 0.6) is 5.75 Å². The largest absolute Gasteiger partial charge is 0.490 e. The van der Waals surface area contributed by atoms with Gasteiger partial charge < -0.3 is 15.2 Å². The minimum absolute atomic E-state index is 0.177. The highest BCUT2D eigenvalue weighted by Crippen LogP contribution is 2.27. The van der Waals surface area contributed by atoms with Crippen molar-refractivity contribution >= 4 is 5.69 Å². The predicted molar refractivity (Wildman–Crippen MR) is 69.3 cm³/mol. The Balaban J connectivity index is 2.01. The van der Waals surface area contributed by atoms with Crippen LogP contribution in [0, 0.1) is 11.3 Å². The number of nitriles is 1. The number of methoxy groups -OCH3 is 1. The summed E-state index contributed by atoms with van der Waals surface area (Å²) < 4.78 is 11.3. The van der Waals surface area contributed by atoms with Crippen molar-refractivity contribution in [2.75, 3.05) is 12.8 Å². The molecule has 1 aliphatic rings. The fourth-order valence-electron chi connectivity index (χ4n) is 2.33. The van der Waals surface area contributed by atoms with Crippen LogP contribution in [0.3, 0.4) is 0 Å². The van der Waals surface area contributed by atoms with Gasteiger partial charge in [-0.1, -0.05) is 0 Å². The maximum absolute atomic E-state index is 8.81. The summed E-state index contributed by atoms with van der Waals surface area (Å²) in [5.74, 6) is 0.730. The minimum atomic E-state index is 0.177. The number of nitrogen functional groups attached to an aromatic ring is 1. The lowest BCUT2D eigenvalue weighted by Gasteiger charge is -2.28. The van der Waals surface area contributed by atoms with Crippen molar-refractivity contribution in [3.05, 3.63) is 23.8 Å². The Bertz CT molecular complexity index is 454. The van der Waals surface area contributed by atoms with Gasteiger partial charge in [0.05, 0.1) is 17.4 Å². The van der Waals surface area contributed by atoms with Gasteiger partial charge in [0.1, 0.15) is 17.9 Å². The summed E-state index contributed by atoms with van der Waals surface area (Å²) in [4.78, 5) is 0. The zero-order valence-corrected chi connectivity index (χ0v) is 10.6. The van der Waals surface area contributed by atoms with E-state index >= 15 is 0 Å². The average molecular weight is 246 g/mol. The SMILES string of the molecule is COC1CCCC(Oc2ccc(C#N)c(N)c2)C1. The van der Waals surface area contributed by atoms with Gasteiger partial charge in [0, 0.05) is 19.6 Å². The number of hydrogen-bond acceptors (Lipinski definition) is 4. The second kappa shape index (κ2) is 5.74. The summed E-state index contributed by atoms with van der Waals surface area (Å²) in [5.41, 5.74) is 6.72. The number of rotatable bonds is 3. The maximum atomic E-state index is 8.81. The van der Waals surface area contributed by atoms with E-state index in [1.165, 1.54) is 0 Å². The van der Waals surface area contributed by atoms with E-state index < -0.39 is 0 Å². The first kappa shape index (κ1) is 12.7. The van der Waals surface area contributed by atoms with Gasteiger partial charge in [0.25, 0.3) is 0 Å². The molecule has 1 saturated carbocycles. The van der Waals surface area contributed by atoms with Crippen LogP contribution in [0.2, 0.25) is 0 Å². The van der Waals surface area contributed by atoms with Crippen LogP contribution in [0.15, 0.2) is 18.2 Å². The second-order valence-electron chi connectivity index (χ2n) is 4.63. The van der Waals surface area contributed by atoms with Crippen LogP contribution < -0.4 is 10.5 Å². The summed E-state index contributed by atoms with van der Waals surface area (Å²) in [5, 5.41) is 8.81. The molecule has 2 rings (SSSR count). The minimum Gasteiger partial charge on any atom is -0.490 e. The molecule has 1 aromatic carbocycles. The highest BCUT2D eigenvalue weighted by molar-refractivity contribution is 5.57. The summed E-state index contributed by atoms with van der Waals surface area (Å²) in [6.45, 7) is 0. The first-order valence-electron chi connectivity index (χ1n) is 6.22. The van der Waals surface area contributed by atoms with E-state index in [1.807, 2.05) is 6.07 Å². The topological polar surface area (TPSA) is 68.3 Å². The number of benzene rings is 1. The van der Waals surface area contributed by atoms with Crippen LogP contribution in [-0.4, -0.2) is 19.3 Å². The second-order valence-corrected chi connectivity index (χ2v) is 4.63. The van der Waals surface area contributed by atoms with Gasteiger partial charge in [-0.25, -0.2) is 0 Å². The molecule has 0 spiro atoms. The van der Waals surface area contributed by atoms with Crippen LogP contribution in [0.25, 0.3) is 0 Å². The van der Waals surface area contributed by atoms with Gasteiger partial charge in [0.2, 0.25) is 0 Å². The molecule has 1 fully saturated rings. The maximum Gasteiger partial charge on any atom is 0.121 e. The lowest BCUT2D eigenvalue weighted by Crippen LogP contribution is -2.29. The first-order chi connectivity index (χ1) is 8.72. The van der Waals surface area contributed by atoms with E-state index in [2.05, 4.69) is 0 Å². The van der Waals surface area contributed by atoms with E-state index in [0.717, 1.165) is 31.4 Å². The lowest BCUT2D eigenvalue weighted by molar-refractivity contribution is 0.0210. The quantitative estimate of drug-likeness (QED) is 0.832. The standard InChI is InChI=1S/C14H18N2O2/c1-17-11-3-2-4-12(7-11)18-13-6-5-10(9-15)14(16)8-13/h5-6,8,11-12H,2-4,7,16H2,1H3. The zero-order valence-electron chi connectivity index (χ0n) is 10.6. The van der Waals surface area contributed by atoms with E-state index in [0.29, 0.717) is 17.4 Å². The van der Waals surface area contributed by atoms with Crippen molar-refractivity contribution in [2.24, 2.45) is 0 Å². The molecule has 96 valence electrons. The Kier molecular flexibility index (Phi) is 4.06. The molecular weight excluding hydrogens is 228 g/mol. The van der Waals surface area contributed by atoms with Gasteiger partial charge >= 0.3 is 0 Å². The van der Waals surface area contributed by atoms with Gasteiger partial charge in [0.15, 0.2) is 0 Å². The van der Waals surface area contributed by atoms with E-state index in [4.69, 9.17) is 20.5 Å². The van der Waals surface area contributed by atoms with Crippen molar-refractivity contribution in [3.8, 4) is 11.8 Å². The van der Waals surface area contributed by atoms with Crippen molar-refractivity contribution in [1.29, 1.82) is 5.26 Å². The molecule has 2 atom stereocenters. The monoisotopic (exact) mass is 246 g/mol. The molecule has 4 heteroatoms. The molecule has 1 aromatic rings. The van der Waals surface area contributed by atoms with Crippen LogP contribution in [0.4, 0.5) is 5.69 Å². The van der Waals surface area contributed by atoms with Gasteiger partial charge in [-0.2, -0.15) is 5.26 Å². The third-order valence-corrected chi connectivity index (χ3v) is 3.36. The number of anilines is 1. The molecule has 2 unspecified atom stereocenters. The molecule has 1 aliphatic carbocycles. The Morgan fingerprint density at radius 3 is 2.78 bits per heavy atom. The Morgan fingerprint density at radius 1 is 1.33 bits per heavy atom. The molecule has 18 heavy (non-hydrogen) atoms. The third kappa shape index (κ3) is 2.93. The zero-order chi connectivity index (χ0) is 13.0. The fourth-order valence-corrected chi connectivity index (χ4v) is 2.33. The smallest absolute Gasteiger partial charge is 0.121 e. The number of hydrogen-bond donors (Lipinski definition) is 1. The Morgan fingerprint density at radius 2 is 2.11 bits per heavy atom. The molecule has 0 saturated heterocycles. The van der Waals surface area contributed by atoms with Gasteiger partial charge in [-0.15, -0.1) is 0 Å². The predicted octanol–water partition coefficient (Wildman–Crippen LogP) is 2.48. The van der Waals surface area contributed by atoms with Crippen LogP contribution in [-0.2, 0) is 4.74 Å². The average Bonchev–Trinajstić information content (AvgIpc) is 2.39. The highest BCUT2D eigenvalue weighted by atomic mass is 16.5. The molecule has 0 aliphatic heterocycles. The summed E-state index contributed by atoms with van der Waals surface area (Å²) >= 11 is 0. The van der Waals surface area contributed by atoms with Crippen molar-refractivity contribution in [1.82, 2.24) is 0 Å². The van der Waals surface area contributed by atoms with Crippen LogP contribution in [0.1, 0.15) is 31.2 Å². The number of ether oxygens (including phenoxy) is 2. The van der Waals surface area contributed by atoms with E-state index in [9.17, 15) is 0 Å². The molecule has 0 heterocycles. The summed E-state index contributed by atoms with van der Waals surface area (Å²) in [7, 11) is 1.74. The van der Waals surface area contributed by atoms with E-state index in [1.54, 1.807) is 25.3 Å². The molecule has 0 bridgehead atoms. The molecule has 0 amide bonds. The third-order valence-electron chi connectivity index (χ3n) is 3.36. The molecule has 2 N–H and O–H groups in total. The van der Waals surface area contributed by atoms with Gasteiger partial charge in [-0.3, -0.25) is 0 Å². The number of nitrogens with two attached hydrogens (primary N) is 1. The van der Waals surface area contributed by atoms with Crippen LogP contribution >= 0.6 is 0 Å². The molecule has 0 radical (unpaired) electrons. The fraction of sp³-hybridized carbons (Fsp3) is 0.500. The lowest BCUT2D eigenvalue weighted by atomic mass is 9.95. The van der Waals surface area contributed by atoms with E-state index in [-0.39, 0.29) is 6.10 Å². The Hall–Kier alpha value is -1.73.